The molecule has 6 heteroatoms. The van der Waals surface area contributed by atoms with Crippen LogP contribution in [0.3, 0.4) is 0 Å². The summed E-state index contributed by atoms with van der Waals surface area (Å²) >= 11 is 1.90. The van der Waals surface area contributed by atoms with Crippen LogP contribution in [-0.4, -0.2) is 34.9 Å². The lowest BCUT2D eigenvalue weighted by atomic mass is 10.0. The summed E-state index contributed by atoms with van der Waals surface area (Å²) in [5.74, 6) is 1.38. The number of aromatic nitrogens is 1. The van der Waals surface area contributed by atoms with Crippen molar-refractivity contribution in [3.05, 3.63) is 39.7 Å². The fraction of sp³-hybridized carbons (Fsp3) is 0.600. The number of thiazole rings is 1. The number of likely N-dealkylation sites (tertiary alicyclic amines) is 1. The lowest BCUT2D eigenvalue weighted by Crippen LogP contribution is -2.44. The van der Waals surface area contributed by atoms with Crippen molar-refractivity contribution in [3.8, 4) is 0 Å². The Morgan fingerprint density at radius 3 is 2.77 bits per heavy atom. The van der Waals surface area contributed by atoms with Crippen LogP contribution in [0, 0.1) is 6.92 Å². The molecule has 0 atom stereocenters. The molecule has 140 valence electrons. The molecule has 1 aliphatic heterocycles. The second-order valence-electron chi connectivity index (χ2n) is 7.56. The lowest BCUT2D eigenvalue weighted by Gasteiger charge is -2.31. The SMILES string of the molecule is Cc1occc1C(=O)NC1CCN(Cc2cnc(C3CCCC3)s2)CC1. The van der Waals surface area contributed by atoms with Crippen molar-refractivity contribution in [3.63, 3.8) is 0 Å². The quantitative estimate of drug-likeness (QED) is 0.857. The van der Waals surface area contributed by atoms with Crippen molar-refractivity contribution in [2.75, 3.05) is 13.1 Å². The Morgan fingerprint density at radius 1 is 1.31 bits per heavy atom. The van der Waals surface area contributed by atoms with E-state index in [1.54, 1.807) is 12.3 Å². The predicted molar refractivity (Wildman–Crippen MR) is 103 cm³/mol. The minimum Gasteiger partial charge on any atom is -0.469 e. The topological polar surface area (TPSA) is 58.4 Å². The average Bonchev–Trinajstić information content (AvgIpc) is 3.37. The number of nitrogens with one attached hydrogen (secondary N) is 1. The van der Waals surface area contributed by atoms with Gasteiger partial charge >= 0.3 is 0 Å². The lowest BCUT2D eigenvalue weighted by molar-refractivity contribution is 0.0907. The van der Waals surface area contributed by atoms with E-state index >= 15 is 0 Å². The summed E-state index contributed by atoms with van der Waals surface area (Å²) < 4.78 is 5.22. The minimum atomic E-state index is -0.0154. The maximum absolute atomic E-state index is 12.3. The molecule has 4 rings (SSSR count). The summed E-state index contributed by atoms with van der Waals surface area (Å²) in [7, 11) is 0. The molecule has 1 amide bonds. The molecule has 2 aromatic rings. The second kappa shape index (κ2) is 7.92. The standard InChI is InChI=1S/C20H27N3O2S/c1-14-18(8-11-25-14)19(24)22-16-6-9-23(10-7-16)13-17-12-21-20(26-17)15-4-2-3-5-15/h8,11-12,15-16H,2-7,9-10,13H2,1H3,(H,22,24). The van der Waals surface area contributed by atoms with Gasteiger partial charge < -0.3 is 9.73 Å². The Hall–Kier alpha value is -1.66. The number of furan rings is 1. The molecule has 26 heavy (non-hydrogen) atoms. The van der Waals surface area contributed by atoms with Crippen LogP contribution in [0.2, 0.25) is 0 Å². The summed E-state index contributed by atoms with van der Waals surface area (Å²) in [4.78, 5) is 20.8. The van der Waals surface area contributed by atoms with Crippen LogP contribution in [-0.2, 0) is 6.54 Å². The maximum Gasteiger partial charge on any atom is 0.255 e. The number of hydrogen-bond acceptors (Lipinski definition) is 5. The number of nitrogens with zero attached hydrogens (tertiary/aromatic N) is 2. The van der Waals surface area contributed by atoms with Crippen LogP contribution in [0.5, 0.6) is 0 Å². The molecule has 0 spiro atoms. The third kappa shape index (κ3) is 4.01. The van der Waals surface area contributed by atoms with Crippen molar-refractivity contribution >= 4 is 17.2 Å². The molecule has 2 aliphatic rings. The first kappa shape index (κ1) is 17.7. The zero-order valence-corrected chi connectivity index (χ0v) is 16.2. The van der Waals surface area contributed by atoms with Crippen LogP contribution in [0.1, 0.15) is 70.4 Å². The second-order valence-corrected chi connectivity index (χ2v) is 8.71. The minimum absolute atomic E-state index is 0.0154. The van der Waals surface area contributed by atoms with Gasteiger partial charge in [0.1, 0.15) is 5.76 Å². The van der Waals surface area contributed by atoms with E-state index in [0.29, 0.717) is 17.2 Å². The smallest absolute Gasteiger partial charge is 0.255 e. The van der Waals surface area contributed by atoms with Gasteiger partial charge in [-0.25, -0.2) is 4.98 Å². The molecule has 1 N–H and O–H groups in total. The van der Waals surface area contributed by atoms with Crippen LogP contribution < -0.4 is 5.32 Å². The molecular formula is C20H27N3O2S. The van der Waals surface area contributed by atoms with E-state index in [4.69, 9.17) is 4.42 Å². The molecule has 3 heterocycles. The highest BCUT2D eigenvalue weighted by Gasteiger charge is 2.24. The Morgan fingerprint density at radius 2 is 2.08 bits per heavy atom. The highest BCUT2D eigenvalue weighted by molar-refractivity contribution is 7.11. The van der Waals surface area contributed by atoms with Gasteiger partial charge in [0.25, 0.3) is 5.91 Å². The van der Waals surface area contributed by atoms with Crippen molar-refractivity contribution in [1.82, 2.24) is 15.2 Å². The molecule has 0 unspecified atom stereocenters. The monoisotopic (exact) mass is 373 g/mol. The van der Waals surface area contributed by atoms with Gasteiger partial charge in [0.2, 0.25) is 0 Å². The predicted octanol–water partition coefficient (Wildman–Crippen LogP) is 4.10. The summed E-state index contributed by atoms with van der Waals surface area (Å²) in [5, 5.41) is 4.50. The summed E-state index contributed by atoms with van der Waals surface area (Å²) in [6, 6.07) is 1.99. The number of carbonyl (C=O) groups excluding carboxylic acids is 1. The van der Waals surface area contributed by atoms with Gasteiger partial charge in [0, 0.05) is 42.7 Å². The van der Waals surface area contributed by atoms with Gasteiger partial charge in [-0.3, -0.25) is 9.69 Å². The third-order valence-corrected chi connectivity index (χ3v) is 6.83. The number of aryl methyl sites for hydroxylation is 1. The maximum atomic E-state index is 12.3. The number of carbonyl (C=O) groups is 1. The van der Waals surface area contributed by atoms with Crippen molar-refractivity contribution < 1.29 is 9.21 Å². The molecule has 1 saturated carbocycles. The largest absolute Gasteiger partial charge is 0.469 e. The molecule has 1 saturated heterocycles. The molecule has 2 aromatic heterocycles. The van der Waals surface area contributed by atoms with Crippen LogP contribution in [0.4, 0.5) is 0 Å². The van der Waals surface area contributed by atoms with E-state index in [2.05, 4.69) is 21.4 Å². The zero-order valence-electron chi connectivity index (χ0n) is 15.4. The molecule has 1 aliphatic carbocycles. The van der Waals surface area contributed by atoms with E-state index in [9.17, 15) is 4.79 Å². The van der Waals surface area contributed by atoms with Crippen molar-refractivity contribution in [1.29, 1.82) is 0 Å². The van der Waals surface area contributed by atoms with Gasteiger partial charge in [-0.1, -0.05) is 12.8 Å². The first-order chi connectivity index (χ1) is 12.7. The fourth-order valence-electron chi connectivity index (χ4n) is 4.10. The van der Waals surface area contributed by atoms with E-state index in [1.807, 2.05) is 18.3 Å². The highest BCUT2D eigenvalue weighted by Crippen LogP contribution is 2.36. The van der Waals surface area contributed by atoms with Gasteiger partial charge in [-0.05, 0) is 38.7 Å². The summed E-state index contributed by atoms with van der Waals surface area (Å²) in [6.07, 6.45) is 11.0. The Labute approximate surface area is 158 Å². The van der Waals surface area contributed by atoms with Gasteiger partial charge in [0.05, 0.1) is 16.8 Å². The van der Waals surface area contributed by atoms with Gasteiger partial charge in [-0.2, -0.15) is 0 Å². The van der Waals surface area contributed by atoms with Crippen molar-refractivity contribution in [2.24, 2.45) is 0 Å². The van der Waals surface area contributed by atoms with E-state index in [0.717, 1.165) is 32.5 Å². The molecule has 2 fully saturated rings. The third-order valence-electron chi connectivity index (χ3n) is 5.68. The normalized spacial score (nSPS) is 19.9. The van der Waals surface area contributed by atoms with E-state index in [1.165, 1.54) is 35.6 Å². The van der Waals surface area contributed by atoms with Crippen LogP contribution in [0.25, 0.3) is 0 Å². The molecular weight excluding hydrogens is 346 g/mol. The molecule has 5 nitrogen and oxygen atoms in total. The fourth-order valence-corrected chi connectivity index (χ4v) is 5.23. The van der Waals surface area contributed by atoms with E-state index < -0.39 is 0 Å². The molecule has 0 bridgehead atoms. The number of amides is 1. The first-order valence-electron chi connectivity index (χ1n) is 9.71. The van der Waals surface area contributed by atoms with Crippen LogP contribution >= 0.6 is 11.3 Å². The molecule has 0 radical (unpaired) electrons. The zero-order chi connectivity index (χ0) is 17.9. The van der Waals surface area contributed by atoms with Gasteiger partial charge in [-0.15, -0.1) is 11.3 Å². The average molecular weight is 374 g/mol. The van der Waals surface area contributed by atoms with Crippen molar-refractivity contribution in [2.45, 2.75) is 64.0 Å². The number of hydrogen-bond donors (Lipinski definition) is 1. The number of rotatable bonds is 5. The van der Waals surface area contributed by atoms with Gasteiger partial charge in [0.15, 0.2) is 0 Å². The van der Waals surface area contributed by atoms with Crippen LogP contribution in [0.15, 0.2) is 22.9 Å². The summed E-state index contributed by atoms with van der Waals surface area (Å²) in [6.45, 7) is 4.86. The summed E-state index contributed by atoms with van der Waals surface area (Å²) in [5.41, 5.74) is 0.650. The van der Waals surface area contributed by atoms with E-state index in [-0.39, 0.29) is 11.9 Å². The Kier molecular flexibility index (Phi) is 5.41. The first-order valence-corrected chi connectivity index (χ1v) is 10.5. The Balaban J connectivity index is 1.25. The Bertz CT molecular complexity index is 740. The highest BCUT2D eigenvalue weighted by atomic mass is 32.1. The molecule has 0 aromatic carbocycles. The number of piperidine rings is 1.